The van der Waals surface area contributed by atoms with Crippen LogP contribution in [0.15, 0.2) is 82.6 Å². The Morgan fingerprint density at radius 1 is 1.08 bits per heavy atom. The lowest BCUT2D eigenvalue weighted by molar-refractivity contribution is -0.122. The molecule has 5 rings (SSSR count). The van der Waals surface area contributed by atoms with Crippen molar-refractivity contribution in [3.8, 4) is 5.75 Å². The molecule has 1 unspecified atom stereocenters. The predicted molar refractivity (Wildman–Crippen MR) is 131 cm³/mol. The number of fused-ring (bicyclic) bond motifs is 1. The first-order valence-electron chi connectivity index (χ1n) is 11.7. The van der Waals surface area contributed by atoms with E-state index in [9.17, 15) is 17.6 Å². The van der Waals surface area contributed by atoms with Crippen molar-refractivity contribution in [1.82, 2.24) is 9.29 Å². The molecule has 7 nitrogen and oxygen atoms in total. The molecule has 0 bridgehead atoms. The number of benzene rings is 2. The van der Waals surface area contributed by atoms with Crippen LogP contribution in [0.3, 0.4) is 0 Å². The quantitative estimate of drug-likeness (QED) is 0.319. The summed E-state index contributed by atoms with van der Waals surface area (Å²) in [5, 5.41) is 0.0866. The summed E-state index contributed by atoms with van der Waals surface area (Å²) in [5.41, 5.74) is 2.22. The van der Waals surface area contributed by atoms with E-state index in [2.05, 4.69) is 4.98 Å². The summed E-state index contributed by atoms with van der Waals surface area (Å²) in [6, 6.07) is 15.7. The summed E-state index contributed by atoms with van der Waals surface area (Å²) in [5.74, 6) is 0.0813. The van der Waals surface area contributed by atoms with Gasteiger partial charge in [0.05, 0.1) is 6.04 Å². The fraction of sp³-hybridized carbons (Fsp3) is 0.259. The Kier molecular flexibility index (Phi) is 6.84. The highest BCUT2D eigenvalue weighted by Gasteiger charge is 2.40. The van der Waals surface area contributed by atoms with Gasteiger partial charge >= 0.3 is 0 Å². The van der Waals surface area contributed by atoms with Gasteiger partial charge in [-0.3, -0.25) is 9.78 Å². The average molecular weight is 509 g/mol. The topological polar surface area (TPSA) is 89.7 Å². The smallest absolute Gasteiger partial charge is 0.277 e. The van der Waals surface area contributed by atoms with Gasteiger partial charge in [0.1, 0.15) is 23.8 Å². The van der Waals surface area contributed by atoms with Gasteiger partial charge in [0.2, 0.25) is 5.09 Å². The largest absolute Gasteiger partial charge is 0.489 e. The fourth-order valence-electron chi connectivity index (χ4n) is 4.45. The number of nitrogens with zero attached hydrogens (tertiary/aromatic N) is 2. The van der Waals surface area contributed by atoms with Gasteiger partial charge in [-0.15, -0.1) is 0 Å². The van der Waals surface area contributed by atoms with Crippen molar-refractivity contribution in [2.45, 2.75) is 43.4 Å². The third-order valence-corrected chi connectivity index (χ3v) is 8.07. The standard InChI is InChI=1S/C27H25FN2O5S/c28-22-7-9-26-21(16-22)17-27(35-26)36(32,33)30-14-2-5-24(30)25(31)8-6-19-3-1-4-23(15-19)34-18-20-10-12-29-13-11-20/h1,3-4,7,9-13,15-17,24H,2,5-6,8,14,18H2. The molecule has 0 aliphatic carbocycles. The number of hydrogen-bond acceptors (Lipinski definition) is 6. The molecule has 0 amide bonds. The van der Waals surface area contributed by atoms with Crippen molar-refractivity contribution in [3.63, 3.8) is 0 Å². The van der Waals surface area contributed by atoms with E-state index in [1.807, 2.05) is 36.4 Å². The first-order valence-corrected chi connectivity index (χ1v) is 13.2. The maximum absolute atomic E-state index is 13.5. The van der Waals surface area contributed by atoms with Gasteiger partial charge < -0.3 is 9.15 Å². The normalized spacial score (nSPS) is 16.4. The Hall–Kier alpha value is -3.56. The number of pyridine rings is 1. The molecule has 186 valence electrons. The number of aryl methyl sites for hydroxylation is 1. The lowest BCUT2D eigenvalue weighted by Crippen LogP contribution is -2.40. The molecular weight excluding hydrogens is 483 g/mol. The maximum Gasteiger partial charge on any atom is 0.277 e. The minimum absolute atomic E-state index is 0.138. The molecule has 0 N–H and O–H groups in total. The number of halogens is 1. The number of rotatable bonds is 9. The number of carbonyl (C=O) groups excluding carboxylic acids is 1. The molecule has 3 heterocycles. The summed E-state index contributed by atoms with van der Waals surface area (Å²) in [7, 11) is -4.03. The first-order chi connectivity index (χ1) is 17.4. The highest BCUT2D eigenvalue weighted by Crippen LogP contribution is 2.31. The molecule has 1 fully saturated rings. The number of carbonyl (C=O) groups is 1. The molecule has 4 aromatic rings. The number of Topliss-reactive ketones (excluding diaryl/α,β-unsaturated/α-hetero) is 1. The Bertz CT molecular complexity index is 1490. The van der Waals surface area contributed by atoms with Gasteiger partial charge in [0, 0.05) is 36.8 Å². The summed E-state index contributed by atoms with van der Waals surface area (Å²) in [6.45, 7) is 0.650. The van der Waals surface area contributed by atoms with Crippen LogP contribution in [0.5, 0.6) is 5.75 Å². The van der Waals surface area contributed by atoms with Crippen LogP contribution in [-0.4, -0.2) is 36.1 Å². The van der Waals surface area contributed by atoms with E-state index in [4.69, 9.17) is 9.15 Å². The van der Waals surface area contributed by atoms with Crippen molar-refractivity contribution in [1.29, 1.82) is 0 Å². The molecule has 1 atom stereocenters. The van der Waals surface area contributed by atoms with E-state index in [1.165, 1.54) is 28.6 Å². The zero-order valence-electron chi connectivity index (χ0n) is 19.5. The molecule has 0 saturated carbocycles. The van der Waals surface area contributed by atoms with Gasteiger partial charge in [-0.2, -0.15) is 4.31 Å². The molecule has 1 saturated heterocycles. The van der Waals surface area contributed by atoms with Gasteiger partial charge in [-0.25, -0.2) is 12.8 Å². The lowest BCUT2D eigenvalue weighted by Gasteiger charge is -2.21. The van der Waals surface area contributed by atoms with E-state index in [0.29, 0.717) is 37.0 Å². The van der Waals surface area contributed by atoms with Crippen LogP contribution in [0, 0.1) is 5.82 Å². The van der Waals surface area contributed by atoms with Crippen molar-refractivity contribution in [2.24, 2.45) is 0 Å². The maximum atomic E-state index is 13.5. The Labute approximate surface area is 208 Å². The molecule has 36 heavy (non-hydrogen) atoms. The molecule has 9 heteroatoms. The second-order valence-corrected chi connectivity index (χ2v) is 10.6. The van der Waals surface area contributed by atoms with Crippen LogP contribution in [-0.2, 0) is 27.8 Å². The molecule has 0 radical (unpaired) electrons. The third kappa shape index (κ3) is 5.17. The summed E-state index contributed by atoms with van der Waals surface area (Å²) in [4.78, 5) is 17.1. The minimum Gasteiger partial charge on any atom is -0.489 e. The van der Waals surface area contributed by atoms with Crippen LogP contribution < -0.4 is 4.74 Å². The van der Waals surface area contributed by atoms with Gasteiger partial charge in [0.15, 0.2) is 5.78 Å². The molecular formula is C27H25FN2O5S. The minimum atomic E-state index is -4.03. The van der Waals surface area contributed by atoms with E-state index in [-0.39, 0.29) is 29.4 Å². The second-order valence-electron chi connectivity index (χ2n) is 8.78. The van der Waals surface area contributed by atoms with Gasteiger partial charge in [-0.1, -0.05) is 12.1 Å². The summed E-state index contributed by atoms with van der Waals surface area (Å²) < 4.78 is 52.6. The van der Waals surface area contributed by atoms with Gasteiger partial charge in [-0.05, 0) is 72.9 Å². The number of aromatic nitrogens is 1. The first kappa shape index (κ1) is 24.1. The molecule has 1 aliphatic rings. The van der Waals surface area contributed by atoms with E-state index < -0.39 is 21.9 Å². The average Bonchev–Trinajstić information content (AvgIpc) is 3.55. The Balaban J connectivity index is 1.24. The molecule has 1 aliphatic heterocycles. The van der Waals surface area contributed by atoms with Crippen LogP contribution in [0.2, 0.25) is 0 Å². The molecule has 2 aromatic carbocycles. The van der Waals surface area contributed by atoms with Gasteiger partial charge in [0.25, 0.3) is 10.0 Å². The van der Waals surface area contributed by atoms with Crippen LogP contribution in [0.25, 0.3) is 11.0 Å². The Morgan fingerprint density at radius 3 is 2.75 bits per heavy atom. The number of ether oxygens (including phenoxy) is 1. The Morgan fingerprint density at radius 2 is 1.92 bits per heavy atom. The van der Waals surface area contributed by atoms with Crippen LogP contribution in [0.4, 0.5) is 4.39 Å². The zero-order chi connectivity index (χ0) is 25.1. The lowest BCUT2D eigenvalue weighted by atomic mass is 10.0. The van der Waals surface area contributed by atoms with Crippen molar-refractivity contribution in [3.05, 3.63) is 90.0 Å². The summed E-state index contributed by atoms with van der Waals surface area (Å²) in [6.07, 6.45) is 5.14. The zero-order valence-corrected chi connectivity index (χ0v) is 20.3. The van der Waals surface area contributed by atoms with Crippen molar-refractivity contribution >= 4 is 26.8 Å². The highest BCUT2D eigenvalue weighted by molar-refractivity contribution is 7.89. The SMILES string of the molecule is O=C(CCc1cccc(OCc2ccncc2)c1)C1CCCN1S(=O)(=O)c1cc2cc(F)ccc2o1. The summed E-state index contributed by atoms with van der Waals surface area (Å²) >= 11 is 0. The van der Waals surface area contributed by atoms with Crippen molar-refractivity contribution in [2.75, 3.05) is 6.54 Å². The van der Waals surface area contributed by atoms with Crippen LogP contribution >= 0.6 is 0 Å². The molecule has 2 aromatic heterocycles. The second kappa shape index (κ2) is 10.2. The van der Waals surface area contributed by atoms with Crippen molar-refractivity contribution < 1.29 is 26.8 Å². The third-order valence-electron chi connectivity index (χ3n) is 6.31. The number of furan rings is 1. The van der Waals surface area contributed by atoms with E-state index in [1.54, 1.807) is 12.4 Å². The number of hydrogen-bond donors (Lipinski definition) is 0. The van der Waals surface area contributed by atoms with E-state index >= 15 is 0 Å². The molecule has 0 spiro atoms. The van der Waals surface area contributed by atoms with E-state index in [0.717, 1.165) is 11.1 Å². The fourth-order valence-corrected chi connectivity index (χ4v) is 6.08. The predicted octanol–water partition coefficient (Wildman–Crippen LogP) is 4.90. The monoisotopic (exact) mass is 508 g/mol. The van der Waals surface area contributed by atoms with Crippen LogP contribution in [0.1, 0.15) is 30.4 Å². The number of sulfonamides is 1. The highest BCUT2D eigenvalue weighted by atomic mass is 32.2. The number of ketones is 1.